The van der Waals surface area contributed by atoms with Gasteiger partial charge >= 0.3 is 0 Å². The third kappa shape index (κ3) is 6.98. The number of primary amides is 1. The molecule has 1 aromatic carbocycles. The molecule has 1 fully saturated rings. The van der Waals surface area contributed by atoms with Gasteiger partial charge in [-0.25, -0.2) is 13.1 Å². The molecule has 6 nitrogen and oxygen atoms in total. The van der Waals surface area contributed by atoms with Gasteiger partial charge in [0.2, 0.25) is 15.9 Å². The molecular formula is C29H44ClN3O3S. The van der Waals surface area contributed by atoms with Crippen LogP contribution in [0.5, 0.6) is 0 Å². The first-order chi connectivity index (χ1) is 17.0. The highest BCUT2D eigenvalue weighted by atomic mass is 35.5. The van der Waals surface area contributed by atoms with Gasteiger partial charge in [-0.3, -0.25) is 4.79 Å². The molecule has 1 heterocycles. The Hall–Kier alpha value is -1.83. The van der Waals surface area contributed by atoms with Gasteiger partial charge in [0.25, 0.3) is 0 Å². The lowest BCUT2D eigenvalue weighted by molar-refractivity contribution is -0.117. The number of carbonyl (C=O) groups excluding carboxylic acids is 1. The molecular weight excluding hydrogens is 506 g/mol. The lowest BCUT2D eigenvalue weighted by Crippen LogP contribution is -2.28. The van der Waals surface area contributed by atoms with Crippen LogP contribution in [0.1, 0.15) is 96.9 Å². The summed E-state index contributed by atoms with van der Waals surface area (Å²) in [7, 11) is -3.96. The van der Waals surface area contributed by atoms with Crippen LogP contribution in [0.15, 0.2) is 23.1 Å². The normalized spacial score (nSPS) is 15.8. The fraction of sp³-hybridized carbons (Fsp3) is 0.621. The smallest absolute Gasteiger partial charge is 0.243 e. The average Bonchev–Trinajstić information content (AvgIpc) is 3.02. The van der Waals surface area contributed by atoms with Crippen LogP contribution in [0.4, 0.5) is 0 Å². The Labute approximate surface area is 228 Å². The van der Waals surface area contributed by atoms with E-state index in [4.69, 9.17) is 17.3 Å². The van der Waals surface area contributed by atoms with Crippen molar-refractivity contribution < 1.29 is 13.2 Å². The molecule has 3 rings (SSSR count). The third-order valence-electron chi connectivity index (χ3n) is 7.45. The van der Waals surface area contributed by atoms with Crippen molar-refractivity contribution in [2.45, 2.75) is 109 Å². The van der Waals surface area contributed by atoms with E-state index in [0.29, 0.717) is 11.6 Å². The zero-order valence-corrected chi connectivity index (χ0v) is 25.1. The monoisotopic (exact) mass is 549 g/mol. The molecule has 0 saturated heterocycles. The number of hydrogen-bond acceptors (Lipinski definition) is 3. The molecule has 3 N–H and O–H groups in total. The van der Waals surface area contributed by atoms with Gasteiger partial charge in [-0.1, -0.05) is 78.5 Å². The molecule has 0 bridgehead atoms. The summed E-state index contributed by atoms with van der Waals surface area (Å²) in [4.78, 5) is 11.3. The molecule has 1 aromatic heterocycles. The number of aromatic nitrogens is 1. The van der Waals surface area contributed by atoms with Crippen LogP contribution >= 0.6 is 11.6 Å². The Bertz CT molecular complexity index is 1210. The number of amides is 1. The van der Waals surface area contributed by atoms with Crippen molar-refractivity contribution in [1.29, 1.82) is 0 Å². The van der Waals surface area contributed by atoms with Gasteiger partial charge in [-0.05, 0) is 59.8 Å². The van der Waals surface area contributed by atoms with E-state index in [1.807, 2.05) is 6.92 Å². The van der Waals surface area contributed by atoms with Crippen LogP contribution in [0, 0.1) is 12.8 Å². The van der Waals surface area contributed by atoms with Gasteiger partial charge in [0.05, 0.1) is 10.7 Å². The van der Waals surface area contributed by atoms with Crippen molar-refractivity contribution >= 4 is 27.5 Å². The van der Waals surface area contributed by atoms with Gasteiger partial charge in [-0.2, -0.15) is 0 Å². The topological polar surface area (TPSA) is 94.2 Å². The van der Waals surface area contributed by atoms with Crippen LogP contribution < -0.4 is 10.5 Å². The van der Waals surface area contributed by atoms with Crippen LogP contribution in [0.3, 0.4) is 0 Å². The number of nitrogens with zero attached hydrogens (tertiary/aromatic N) is 1. The molecule has 2 aromatic rings. The number of nitrogens with two attached hydrogens (primary N) is 1. The Morgan fingerprint density at radius 1 is 1.03 bits per heavy atom. The predicted molar refractivity (Wildman–Crippen MR) is 153 cm³/mol. The first-order valence-corrected chi connectivity index (χ1v) is 15.2. The second kappa shape index (κ2) is 11.1. The van der Waals surface area contributed by atoms with E-state index in [2.05, 4.69) is 69.0 Å². The number of nitrogens with one attached hydrogen (secondary N) is 1. The van der Waals surface area contributed by atoms with Crippen LogP contribution in [0.2, 0.25) is 5.02 Å². The predicted octanol–water partition coefficient (Wildman–Crippen LogP) is 6.45. The largest absolute Gasteiger partial charge is 0.370 e. The summed E-state index contributed by atoms with van der Waals surface area (Å²) in [5, 5.41) is 0.228. The minimum absolute atomic E-state index is 0.0652. The van der Waals surface area contributed by atoms with Gasteiger partial charge in [0, 0.05) is 30.8 Å². The summed E-state index contributed by atoms with van der Waals surface area (Å²) in [5.41, 5.74) is 9.69. The van der Waals surface area contributed by atoms with Crippen molar-refractivity contribution in [3.63, 3.8) is 0 Å². The van der Waals surface area contributed by atoms with Crippen molar-refractivity contribution in [3.05, 3.63) is 40.0 Å². The average molecular weight is 550 g/mol. The molecule has 1 saturated carbocycles. The van der Waals surface area contributed by atoms with Gasteiger partial charge in [-0.15, -0.1) is 0 Å². The minimum atomic E-state index is -3.96. The summed E-state index contributed by atoms with van der Waals surface area (Å²) in [6, 6.07) is 6.57. The Kier molecular flexibility index (Phi) is 8.93. The maximum Gasteiger partial charge on any atom is 0.243 e. The Morgan fingerprint density at radius 3 is 2.05 bits per heavy atom. The summed E-state index contributed by atoms with van der Waals surface area (Å²) in [5.74, 6) is -0.0873. The first kappa shape index (κ1) is 29.7. The zero-order valence-electron chi connectivity index (χ0n) is 23.5. The molecule has 8 heteroatoms. The van der Waals surface area contributed by atoms with Gasteiger partial charge < -0.3 is 10.3 Å². The molecule has 0 atom stereocenters. The number of halogens is 1. The second-order valence-electron chi connectivity index (χ2n) is 12.6. The van der Waals surface area contributed by atoms with Crippen LogP contribution in [-0.2, 0) is 32.2 Å². The first-order valence-electron chi connectivity index (χ1n) is 13.4. The molecule has 0 spiro atoms. The van der Waals surface area contributed by atoms with Crippen LogP contribution in [-0.4, -0.2) is 25.4 Å². The van der Waals surface area contributed by atoms with Crippen molar-refractivity contribution in [1.82, 2.24) is 9.29 Å². The van der Waals surface area contributed by atoms with E-state index >= 15 is 0 Å². The maximum absolute atomic E-state index is 13.4. The van der Waals surface area contributed by atoms with E-state index in [1.54, 1.807) is 0 Å². The summed E-state index contributed by atoms with van der Waals surface area (Å²) < 4.78 is 31.5. The summed E-state index contributed by atoms with van der Waals surface area (Å²) in [6.45, 7) is 15.6. The van der Waals surface area contributed by atoms with Crippen LogP contribution in [0.25, 0.3) is 11.3 Å². The second-order valence-corrected chi connectivity index (χ2v) is 14.7. The molecule has 0 radical (unpaired) electrons. The molecule has 1 aliphatic rings. The Morgan fingerprint density at radius 2 is 1.57 bits per heavy atom. The fourth-order valence-electron chi connectivity index (χ4n) is 5.14. The highest BCUT2D eigenvalue weighted by molar-refractivity contribution is 7.89. The summed E-state index contributed by atoms with van der Waals surface area (Å²) in [6.07, 6.45) is 5.82. The number of carbonyl (C=O) groups is 1. The van der Waals surface area contributed by atoms with E-state index in [1.165, 1.54) is 30.4 Å². The molecule has 37 heavy (non-hydrogen) atoms. The third-order valence-corrected chi connectivity index (χ3v) is 9.55. The molecule has 1 aliphatic carbocycles. The summed E-state index contributed by atoms with van der Waals surface area (Å²) >= 11 is 7.01. The Balaban J connectivity index is 2.25. The highest BCUT2D eigenvalue weighted by Crippen LogP contribution is 2.42. The standard InChI is InChI=1S/C29H44ClN3O3S/c1-19-27(37(35,36)32-14-13-24(31)34)25(30)26(33(19)18-20-11-9-8-10-12-20)21-15-22(28(2,3)4)17-23(16-21)29(5,6)7/h15-17,20,32H,8-14,18H2,1-7H3,(H2,31,34). The van der Waals surface area contributed by atoms with Crippen molar-refractivity contribution in [2.75, 3.05) is 6.54 Å². The highest BCUT2D eigenvalue weighted by Gasteiger charge is 2.31. The molecule has 0 aliphatic heterocycles. The molecule has 1 amide bonds. The molecule has 206 valence electrons. The van der Waals surface area contributed by atoms with Crippen molar-refractivity contribution in [2.24, 2.45) is 11.7 Å². The van der Waals surface area contributed by atoms with Crippen molar-refractivity contribution in [3.8, 4) is 11.3 Å². The lowest BCUT2D eigenvalue weighted by Gasteiger charge is -2.27. The van der Waals surface area contributed by atoms with E-state index < -0.39 is 15.9 Å². The van der Waals surface area contributed by atoms with E-state index in [-0.39, 0.29) is 33.7 Å². The lowest BCUT2D eigenvalue weighted by atomic mass is 9.79. The fourth-order valence-corrected chi connectivity index (χ4v) is 7.14. The quantitative estimate of drug-likeness (QED) is 0.396. The van der Waals surface area contributed by atoms with Gasteiger partial charge in [0.1, 0.15) is 4.90 Å². The number of sulfonamides is 1. The number of hydrogen-bond donors (Lipinski definition) is 2. The maximum atomic E-state index is 13.4. The van der Waals surface area contributed by atoms with Gasteiger partial charge in [0.15, 0.2) is 0 Å². The van der Waals surface area contributed by atoms with E-state index in [9.17, 15) is 13.2 Å². The van der Waals surface area contributed by atoms with E-state index in [0.717, 1.165) is 30.6 Å². The minimum Gasteiger partial charge on any atom is -0.370 e. The number of benzene rings is 1. The molecule has 0 unspecified atom stereocenters. The number of rotatable bonds is 8. The zero-order chi connectivity index (χ0) is 27.8. The SMILES string of the molecule is Cc1c(S(=O)(=O)NCCC(N)=O)c(Cl)c(-c2cc(C(C)(C)C)cc(C(C)(C)C)c2)n1CC1CCCCC1.